The van der Waals surface area contributed by atoms with Crippen molar-refractivity contribution in [3.05, 3.63) is 100 Å². The first-order valence-corrected chi connectivity index (χ1v) is 15.8. The number of fused-ring (bicyclic) bond motifs is 4. The molecule has 2 bridgehead atoms. The van der Waals surface area contributed by atoms with E-state index < -0.39 is 35.9 Å². The van der Waals surface area contributed by atoms with Crippen LogP contribution in [0.2, 0.25) is 0 Å². The lowest BCUT2D eigenvalue weighted by molar-refractivity contribution is -0.137. The number of aromatic nitrogens is 5. The van der Waals surface area contributed by atoms with Crippen molar-refractivity contribution >= 4 is 28.5 Å². The maximum atomic E-state index is 13.7. The van der Waals surface area contributed by atoms with Gasteiger partial charge in [0.2, 0.25) is 11.8 Å². The molecule has 1 atom stereocenters. The second kappa shape index (κ2) is 14.4. The van der Waals surface area contributed by atoms with Gasteiger partial charge >= 0.3 is 0 Å². The lowest BCUT2D eigenvalue weighted by atomic mass is 10.1. The molecule has 2 aromatic heterocycles. The van der Waals surface area contributed by atoms with Gasteiger partial charge in [0, 0.05) is 29.6 Å². The van der Waals surface area contributed by atoms with Crippen LogP contribution in [0.1, 0.15) is 34.8 Å². The third-order valence-corrected chi connectivity index (χ3v) is 8.18. The topological polar surface area (TPSA) is 163 Å². The maximum absolute atomic E-state index is 13.7. The van der Waals surface area contributed by atoms with Crippen LogP contribution in [-0.4, -0.2) is 80.5 Å². The Labute approximate surface area is 281 Å². The number of hydrogen-bond acceptors (Lipinski definition) is 9. The van der Waals surface area contributed by atoms with Crippen molar-refractivity contribution < 1.29 is 23.9 Å². The average Bonchev–Trinajstić information content (AvgIpc) is 3.54. The normalized spacial score (nSPS) is 15.8. The Kier molecular flexibility index (Phi) is 9.65. The van der Waals surface area contributed by atoms with Crippen LogP contribution in [0, 0.1) is 6.92 Å². The number of carbonyl (C=O) groups excluding carboxylic acids is 3. The number of hydrogen-bond donors (Lipinski definition) is 2. The molecule has 0 saturated carbocycles. The van der Waals surface area contributed by atoms with Crippen LogP contribution >= 0.6 is 0 Å². The molecule has 14 nitrogen and oxygen atoms in total. The third-order valence-electron chi connectivity index (χ3n) is 8.18. The number of carbonyl (C=O) groups is 3. The summed E-state index contributed by atoms with van der Waals surface area (Å²) in [5, 5.41) is 15.9. The van der Waals surface area contributed by atoms with Gasteiger partial charge in [-0.15, -0.1) is 0 Å². The molecule has 3 heterocycles. The van der Waals surface area contributed by atoms with E-state index in [1.54, 1.807) is 54.9 Å². The van der Waals surface area contributed by atoms with Crippen LogP contribution in [0.15, 0.2) is 77.6 Å². The fraction of sp³-hybridized carbons (Fsp3) is 0.286. The van der Waals surface area contributed by atoms with E-state index in [1.165, 1.54) is 12.0 Å². The van der Waals surface area contributed by atoms with Crippen molar-refractivity contribution in [3.63, 3.8) is 0 Å². The van der Waals surface area contributed by atoms with Crippen LogP contribution in [0.3, 0.4) is 0 Å². The summed E-state index contributed by atoms with van der Waals surface area (Å²) in [7, 11) is 1.51. The van der Waals surface area contributed by atoms with Gasteiger partial charge in [-0.25, -0.2) is 14.3 Å². The highest BCUT2D eigenvalue weighted by Gasteiger charge is 2.24. The minimum atomic E-state index is -0.602. The Morgan fingerprint density at radius 1 is 0.959 bits per heavy atom. The summed E-state index contributed by atoms with van der Waals surface area (Å²) in [6, 6.07) is 20.7. The molecule has 14 heteroatoms. The van der Waals surface area contributed by atoms with Gasteiger partial charge in [-0.1, -0.05) is 48.5 Å². The van der Waals surface area contributed by atoms with E-state index in [4.69, 9.17) is 19.6 Å². The molecule has 1 aliphatic rings. The summed E-state index contributed by atoms with van der Waals surface area (Å²) < 4.78 is 14.3. The van der Waals surface area contributed by atoms with Gasteiger partial charge in [0.25, 0.3) is 11.5 Å². The molecule has 3 aromatic carbocycles. The van der Waals surface area contributed by atoms with Gasteiger partial charge in [0.1, 0.15) is 19.0 Å². The number of benzene rings is 3. The highest BCUT2D eigenvalue weighted by molar-refractivity contribution is 5.95. The van der Waals surface area contributed by atoms with E-state index in [9.17, 15) is 19.2 Å². The number of amides is 3. The van der Waals surface area contributed by atoms with E-state index in [0.29, 0.717) is 45.2 Å². The Balaban J connectivity index is 1.31. The molecule has 1 aliphatic heterocycles. The summed E-state index contributed by atoms with van der Waals surface area (Å²) in [4.78, 5) is 59.6. The van der Waals surface area contributed by atoms with Crippen molar-refractivity contribution in [2.24, 2.45) is 0 Å². The Bertz CT molecular complexity index is 2080. The van der Waals surface area contributed by atoms with Crippen LogP contribution in [-0.2, 0) is 22.7 Å². The van der Waals surface area contributed by atoms with E-state index >= 15 is 0 Å². The summed E-state index contributed by atoms with van der Waals surface area (Å²) in [6.45, 7) is 3.27. The molecular formula is C35H36N8O6. The SMILES string of the molecule is COc1ccc2cc1OCCn1nc(-c3ccccc3)nc1[C@@H](C)NC(=O)CN(C(=O)Cn1nc(C)c3ccccc3c1=O)CCNC2=O. The van der Waals surface area contributed by atoms with Crippen molar-refractivity contribution in [2.75, 3.05) is 33.4 Å². The Morgan fingerprint density at radius 2 is 1.71 bits per heavy atom. The molecule has 0 fully saturated rings. The van der Waals surface area contributed by atoms with Gasteiger partial charge in [0.15, 0.2) is 17.3 Å². The van der Waals surface area contributed by atoms with Crippen molar-refractivity contribution in [1.82, 2.24) is 40.1 Å². The summed E-state index contributed by atoms with van der Waals surface area (Å²) >= 11 is 0. The minimum Gasteiger partial charge on any atom is -0.493 e. The number of ether oxygens (including phenoxy) is 2. The average molecular weight is 665 g/mol. The van der Waals surface area contributed by atoms with Crippen molar-refractivity contribution in [3.8, 4) is 22.9 Å². The Hall–Kier alpha value is -6.05. The van der Waals surface area contributed by atoms with Gasteiger partial charge < -0.3 is 25.0 Å². The first kappa shape index (κ1) is 32.9. The fourth-order valence-electron chi connectivity index (χ4n) is 5.68. The molecule has 0 radical (unpaired) electrons. The summed E-state index contributed by atoms with van der Waals surface area (Å²) in [5.41, 5.74) is 1.29. The molecule has 0 unspecified atom stereocenters. The van der Waals surface area contributed by atoms with Crippen molar-refractivity contribution in [1.29, 1.82) is 0 Å². The number of methoxy groups -OCH3 is 1. The van der Waals surface area contributed by atoms with E-state index in [0.717, 1.165) is 10.2 Å². The monoisotopic (exact) mass is 664 g/mol. The van der Waals surface area contributed by atoms with Crippen LogP contribution < -0.4 is 25.7 Å². The highest BCUT2D eigenvalue weighted by Crippen LogP contribution is 2.28. The summed E-state index contributed by atoms with van der Waals surface area (Å²) in [5.74, 6) is 0.385. The number of aryl methyl sites for hydroxylation is 1. The van der Waals surface area contributed by atoms with Crippen LogP contribution in [0.4, 0.5) is 0 Å². The second-order valence-corrected chi connectivity index (χ2v) is 11.6. The molecule has 0 aliphatic carbocycles. The van der Waals surface area contributed by atoms with E-state index in [1.807, 2.05) is 36.4 Å². The second-order valence-electron chi connectivity index (χ2n) is 11.6. The molecule has 0 spiro atoms. The Morgan fingerprint density at radius 3 is 2.49 bits per heavy atom. The molecule has 5 aromatic rings. The lowest BCUT2D eigenvalue weighted by Crippen LogP contribution is -2.47. The number of rotatable bonds is 4. The fourth-order valence-corrected chi connectivity index (χ4v) is 5.68. The zero-order valence-electron chi connectivity index (χ0n) is 27.4. The zero-order chi connectivity index (χ0) is 34.5. The predicted octanol–water partition coefficient (Wildman–Crippen LogP) is 2.50. The maximum Gasteiger partial charge on any atom is 0.275 e. The standard InChI is InChI=1S/C35H36N8O6/c1-22-26-11-7-8-12-27(26)35(47)43(39-22)21-31(45)41-16-15-36-34(46)25-13-14-28(48-3)29(19-25)49-18-17-42-33(23(2)37-30(44)20-41)38-32(40-42)24-9-5-4-6-10-24/h4-14,19,23H,15-18,20-21H2,1-3H3,(H,36,46)(H,37,44)/t23-/m1/s1. The van der Waals surface area contributed by atoms with Gasteiger partial charge in [-0.3, -0.25) is 19.2 Å². The van der Waals surface area contributed by atoms with Gasteiger partial charge in [-0.2, -0.15) is 10.2 Å². The molecule has 252 valence electrons. The number of nitrogens with one attached hydrogen (secondary N) is 2. The lowest BCUT2D eigenvalue weighted by Gasteiger charge is -2.24. The number of nitrogens with zero attached hydrogens (tertiary/aromatic N) is 6. The van der Waals surface area contributed by atoms with Crippen LogP contribution in [0.25, 0.3) is 22.2 Å². The first-order valence-electron chi connectivity index (χ1n) is 15.8. The van der Waals surface area contributed by atoms with E-state index in [2.05, 4.69) is 15.7 Å². The minimum absolute atomic E-state index is 0.0124. The van der Waals surface area contributed by atoms with Gasteiger partial charge in [0.05, 0.1) is 37.3 Å². The molecule has 6 rings (SSSR count). The molecule has 2 N–H and O–H groups in total. The third kappa shape index (κ3) is 7.27. The molecule has 49 heavy (non-hydrogen) atoms. The highest BCUT2D eigenvalue weighted by atomic mass is 16.5. The van der Waals surface area contributed by atoms with Crippen LogP contribution in [0.5, 0.6) is 11.5 Å². The molecular weight excluding hydrogens is 628 g/mol. The van der Waals surface area contributed by atoms with Crippen molar-refractivity contribution in [2.45, 2.75) is 33.0 Å². The first-order chi connectivity index (χ1) is 23.7. The quantitative estimate of drug-likeness (QED) is 0.294. The zero-order valence-corrected chi connectivity index (χ0v) is 27.4. The largest absolute Gasteiger partial charge is 0.493 e. The predicted molar refractivity (Wildman–Crippen MR) is 180 cm³/mol. The molecule has 3 amide bonds. The smallest absolute Gasteiger partial charge is 0.275 e. The van der Waals surface area contributed by atoms with E-state index in [-0.39, 0.29) is 32.8 Å². The summed E-state index contributed by atoms with van der Waals surface area (Å²) in [6.07, 6.45) is 0. The molecule has 0 saturated heterocycles. The van der Waals surface area contributed by atoms with Gasteiger partial charge in [-0.05, 0) is 38.1 Å².